The second-order valence-corrected chi connectivity index (χ2v) is 4.24. The number of esters is 1. The number of ether oxygens (including phenoxy) is 2. The first-order valence-corrected chi connectivity index (χ1v) is 5.45. The van der Waals surface area contributed by atoms with E-state index in [0.29, 0.717) is 11.3 Å². The summed E-state index contributed by atoms with van der Waals surface area (Å²) in [6.45, 7) is 3.32. The van der Waals surface area contributed by atoms with E-state index in [0.717, 1.165) is 0 Å². The summed E-state index contributed by atoms with van der Waals surface area (Å²) in [5.41, 5.74) is -0.0279. The van der Waals surface area contributed by atoms with Crippen LogP contribution in [0.15, 0.2) is 24.3 Å². The molecule has 0 aliphatic rings. The van der Waals surface area contributed by atoms with Crippen LogP contribution >= 0.6 is 0 Å². The lowest BCUT2D eigenvalue weighted by molar-refractivity contribution is -0.133. The summed E-state index contributed by atoms with van der Waals surface area (Å²) in [5.74, 6) is -0.732. The molecule has 98 valence electrons. The molecule has 1 aromatic carbocycles. The van der Waals surface area contributed by atoms with Crippen LogP contribution in [0.5, 0.6) is 0 Å². The second kappa shape index (κ2) is 5.64. The van der Waals surface area contributed by atoms with Gasteiger partial charge in [-0.05, 0) is 32.0 Å². The third-order valence-corrected chi connectivity index (χ3v) is 2.60. The third kappa shape index (κ3) is 3.30. The van der Waals surface area contributed by atoms with Gasteiger partial charge in [-0.2, -0.15) is 0 Å². The highest BCUT2D eigenvalue weighted by atomic mass is 16.5. The zero-order valence-corrected chi connectivity index (χ0v) is 10.9. The van der Waals surface area contributed by atoms with E-state index in [9.17, 15) is 9.59 Å². The van der Waals surface area contributed by atoms with E-state index >= 15 is 0 Å². The summed E-state index contributed by atoms with van der Waals surface area (Å²) in [7, 11) is 2.77. The van der Waals surface area contributed by atoms with Gasteiger partial charge in [0.25, 0.3) is 5.91 Å². The molecule has 0 saturated heterocycles. The first-order chi connectivity index (χ1) is 8.40. The van der Waals surface area contributed by atoms with Gasteiger partial charge in [0, 0.05) is 12.8 Å². The largest absolute Gasteiger partial charge is 0.465 e. The summed E-state index contributed by atoms with van der Waals surface area (Å²) in [6.07, 6.45) is 0. The highest BCUT2D eigenvalue weighted by Gasteiger charge is 2.27. The van der Waals surface area contributed by atoms with Gasteiger partial charge in [0.2, 0.25) is 0 Å². The molecule has 0 saturated carbocycles. The number of hydrogen-bond acceptors (Lipinski definition) is 4. The Balaban J connectivity index is 2.86. The van der Waals surface area contributed by atoms with E-state index in [-0.39, 0.29) is 5.91 Å². The van der Waals surface area contributed by atoms with Crippen molar-refractivity contribution in [2.45, 2.75) is 19.4 Å². The van der Waals surface area contributed by atoms with Gasteiger partial charge in [-0.3, -0.25) is 4.79 Å². The van der Waals surface area contributed by atoms with Crippen LogP contribution in [0.1, 0.15) is 24.2 Å². The van der Waals surface area contributed by atoms with E-state index in [1.165, 1.54) is 14.2 Å². The number of hydrogen-bond donors (Lipinski definition) is 1. The molecule has 5 heteroatoms. The number of anilines is 1. The maximum Gasteiger partial charge on any atom is 0.337 e. The summed E-state index contributed by atoms with van der Waals surface area (Å²) in [5, 5.41) is 2.68. The fourth-order valence-corrected chi connectivity index (χ4v) is 1.22. The first kappa shape index (κ1) is 14.2. The van der Waals surface area contributed by atoms with Crippen LogP contribution in [-0.2, 0) is 14.3 Å². The zero-order chi connectivity index (χ0) is 13.8. The number of rotatable bonds is 4. The lowest BCUT2D eigenvalue weighted by Crippen LogP contribution is -2.38. The monoisotopic (exact) mass is 251 g/mol. The van der Waals surface area contributed by atoms with Crippen molar-refractivity contribution >= 4 is 17.6 Å². The molecule has 0 atom stereocenters. The molecule has 1 rings (SSSR count). The molecule has 1 aromatic rings. The van der Waals surface area contributed by atoms with E-state index < -0.39 is 11.6 Å². The molecule has 0 aliphatic heterocycles. The maximum atomic E-state index is 11.9. The van der Waals surface area contributed by atoms with Crippen LogP contribution < -0.4 is 5.32 Å². The van der Waals surface area contributed by atoms with Crippen molar-refractivity contribution < 1.29 is 19.1 Å². The Hall–Kier alpha value is -1.88. The van der Waals surface area contributed by atoms with E-state index in [1.54, 1.807) is 38.1 Å². The van der Waals surface area contributed by atoms with Gasteiger partial charge in [0.15, 0.2) is 0 Å². The summed E-state index contributed by atoms with van der Waals surface area (Å²) >= 11 is 0. The third-order valence-electron chi connectivity index (χ3n) is 2.60. The van der Waals surface area contributed by atoms with Crippen LogP contribution in [-0.4, -0.2) is 31.7 Å². The fraction of sp³-hybridized carbons (Fsp3) is 0.385. The maximum absolute atomic E-state index is 11.9. The van der Waals surface area contributed by atoms with Crippen molar-refractivity contribution in [1.82, 2.24) is 0 Å². The lowest BCUT2D eigenvalue weighted by Gasteiger charge is -2.21. The molecular weight excluding hydrogens is 234 g/mol. The first-order valence-electron chi connectivity index (χ1n) is 5.45. The molecule has 0 spiro atoms. The average molecular weight is 251 g/mol. The molecule has 0 aliphatic carbocycles. The molecular formula is C13H17NO4. The molecule has 1 amide bonds. The van der Waals surface area contributed by atoms with Crippen LogP contribution in [0.25, 0.3) is 0 Å². The molecule has 0 radical (unpaired) electrons. The fourth-order valence-electron chi connectivity index (χ4n) is 1.22. The summed E-state index contributed by atoms with van der Waals surface area (Å²) in [6, 6.07) is 6.52. The number of carbonyl (C=O) groups is 2. The number of nitrogens with one attached hydrogen (secondary N) is 1. The minimum Gasteiger partial charge on any atom is -0.465 e. The topological polar surface area (TPSA) is 64.6 Å². The van der Waals surface area contributed by atoms with Crippen molar-refractivity contribution in [3.8, 4) is 0 Å². The van der Waals surface area contributed by atoms with Crippen LogP contribution in [0.2, 0.25) is 0 Å². The number of carbonyl (C=O) groups excluding carboxylic acids is 2. The Morgan fingerprint density at radius 2 is 1.89 bits per heavy atom. The standard InChI is InChI=1S/C13H17NO4/c1-13(2,18-4)12(16)14-10-7-5-6-9(8-10)11(15)17-3/h5-8H,1-4H3,(H,14,16). The highest BCUT2D eigenvalue weighted by molar-refractivity contribution is 5.98. The minimum absolute atomic E-state index is 0.285. The van der Waals surface area contributed by atoms with Gasteiger partial charge in [-0.15, -0.1) is 0 Å². The van der Waals surface area contributed by atoms with Crippen molar-refractivity contribution in [3.63, 3.8) is 0 Å². The van der Waals surface area contributed by atoms with Gasteiger partial charge in [0.05, 0.1) is 12.7 Å². The van der Waals surface area contributed by atoms with Crippen molar-refractivity contribution in [3.05, 3.63) is 29.8 Å². The van der Waals surface area contributed by atoms with Crippen molar-refractivity contribution in [2.24, 2.45) is 0 Å². The smallest absolute Gasteiger partial charge is 0.337 e. The van der Waals surface area contributed by atoms with Crippen molar-refractivity contribution in [2.75, 3.05) is 19.5 Å². The zero-order valence-electron chi connectivity index (χ0n) is 10.9. The number of methoxy groups -OCH3 is 2. The van der Waals surface area contributed by atoms with Gasteiger partial charge in [-0.1, -0.05) is 6.07 Å². The predicted octanol–water partition coefficient (Wildman–Crippen LogP) is 1.84. The summed E-state index contributed by atoms with van der Waals surface area (Å²) in [4.78, 5) is 23.2. The molecule has 1 N–H and O–H groups in total. The Kier molecular flexibility index (Phi) is 4.44. The quantitative estimate of drug-likeness (QED) is 0.829. The molecule has 0 heterocycles. The Bertz CT molecular complexity index is 454. The molecule has 18 heavy (non-hydrogen) atoms. The molecule has 0 aromatic heterocycles. The van der Waals surface area contributed by atoms with Gasteiger partial charge >= 0.3 is 5.97 Å². The highest BCUT2D eigenvalue weighted by Crippen LogP contribution is 2.15. The van der Waals surface area contributed by atoms with E-state index in [1.807, 2.05) is 0 Å². The molecule has 0 fully saturated rings. The Labute approximate surface area is 106 Å². The van der Waals surface area contributed by atoms with E-state index in [2.05, 4.69) is 10.1 Å². The van der Waals surface area contributed by atoms with Gasteiger partial charge in [0.1, 0.15) is 5.60 Å². The minimum atomic E-state index is -0.929. The normalized spacial score (nSPS) is 10.9. The van der Waals surface area contributed by atoms with Gasteiger partial charge in [-0.25, -0.2) is 4.79 Å². The number of amides is 1. The summed E-state index contributed by atoms with van der Waals surface area (Å²) < 4.78 is 9.68. The Morgan fingerprint density at radius 3 is 2.44 bits per heavy atom. The second-order valence-electron chi connectivity index (χ2n) is 4.24. The van der Waals surface area contributed by atoms with E-state index in [4.69, 9.17) is 4.74 Å². The molecule has 0 unspecified atom stereocenters. The molecule has 0 bridgehead atoms. The predicted molar refractivity (Wildman–Crippen MR) is 67.5 cm³/mol. The van der Waals surface area contributed by atoms with Crippen LogP contribution in [0.3, 0.4) is 0 Å². The van der Waals surface area contributed by atoms with Crippen LogP contribution in [0.4, 0.5) is 5.69 Å². The van der Waals surface area contributed by atoms with Gasteiger partial charge < -0.3 is 14.8 Å². The SMILES string of the molecule is COC(=O)c1cccc(NC(=O)C(C)(C)OC)c1. The average Bonchev–Trinajstić information content (AvgIpc) is 2.38. The number of benzene rings is 1. The lowest BCUT2D eigenvalue weighted by atomic mass is 10.1. The Morgan fingerprint density at radius 1 is 1.22 bits per heavy atom. The van der Waals surface area contributed by atoms with Crippen molar-refractivity contribution in [1.29, 1.82) is 0 Å². The van der Waals surface area contributed by atoms with Crippen LogP contribution in [0, 0.1) is 0 Å². The molecule has 5 nitrogen and oxygen atoms in total.